The van der Waals surface area contributed by atoms with Gasteiger partial charge in [0.1, 0.15) is 17.0 Å². The number of oxazole rings is 1. The zero-order chi connectivity index (χ0) is 17.1. The van der Waals surface area contributed by atoms with E-state index in [2.05, 4.69) is 4.98 Å². The van der Waals surface area contributed by atoms with Crippen LogP contribution in [0.2, 0.25) is 0 Å². The van der Waals surface area contributed by atoms with Crippen LogP contribution in [0.1, 0.15) is 11.5 Å². The maximum absolute atomic E-state index is 11.6. The molecule has 0 saturated carbocycles. The van der Waals surface area contributed by atoms with Gasteiger partial charge in [0.05, 0.1) is 0 Å². The molecular weight excluding hydrogens is 308 g/mol. The largest absolute Gasteiger partial charge is 0.484 e. The Labute approximate surface area is 139 Å². The van der Waals surface area contributed by atoms with E-state index >= 15 is 0 Å². The highest BCUT2D eigenvalue weighted by atomic mass is 16.6. The number of hydrogen-bond donors (Lipinski definition) is 0. The number of carbonyl (C=O) groups excluding carboxylic acids is 1. The molecule has 0 aliphatic rings. The van der Waals surface area contributed by atoms with Crippen molar-refractivity contribution in [3.05, 3.63) is 53.9 Å². The Kier molecular flexibility index (Phi) is 4.37. The molecule has 6 nitrogen and oxygen atoms in total. The predicted octanol–water partition coefficient (Wildman–Crippen LogP) is 3.78. The highest BCUT2D eigenvalue weighted by molar-refractivity contribution is 5.72. The average Bonchev–Trinajstić information content (AvgIpc) is 2.98. The van der Waals surface area contributed by atoms with Crippen LogP contribution in [0.3, 0.4) is 0 Å². The summed E-state index contributed by atoms with van der Waals surface area (Å²) >= 11 is 0. The first-order valence-corrected chi connectivity index (χ1v) is 7.50. The van der Waals surface area contributed by atoms with E-state index in [1.807, 2.05) is 31.2 Å². The first-order chi connectivity index (χ1) is 11.5. The molecule has 0 aliphatic carbocycles. The molecule has 1 aromatic heterocycles. The van der Waals surface area contributed by atoms with Gasteiger partial charge in [0.25, 0.3) is 0 Å². The van der Waals surface area contributed by atoms with Gasteiger partial charge in [-0.25, -0.2) is 9.78 Å². The fraction of sp³-hybridized carbons (Fsp3) is 0.222. The molecule has 0 bridgehead atoms. The minimum Gasteiger partial charge on any atom is -0.484 e. The van der Waals surface area contributed by atoms with E-state index in [9.17, 15) is 4.79 Å². The summed E-state index contributed by atoms with van der Waals surface area (Å²) < 4.78 is 16.6. The number of amides is 1. The van der Waals surface area contributed by atoms with Gasteiger partial charge in [0, 0.05) is 14.1 Å². The Balaban J connectivity index is 1.67. The van der Waals surface area contributed by atoms with Gasteiger partial charge in [-0.2, -0.15) is 0 Å². The molecule has 0 saturated heterocycles. The lowest BCUT2D eigenvalue weighted by atomic mass is 10.2. The molecule has 3 rings (SSSR count). The number of carbonyl (C=O) groups is 1. The Morgan fingerprint density at radius 2 is 2.00 bits per heavy atom. The van der Waals surface area contributed by atoms with Gasteiger partial charge in [-0.05, 0) is 42.8 Å². The van der Waals surface area contributed by atoms with Gasteiger partial charge < -0.3 is 18.8 Å². The molecule has 3 aromatic rings. The van der Waals surface area contributed by atoms with Crippen molar-refractivity contribution in [3.63, 3.8) is 0 Å². The lowest BCUT2D eigenvalue weighted by Crippen LogP contribution is -2.25. The molecule has 0 fully saturated rings. The smallest absolute Gasteiger partial charge is 0.414 e. The molecule has 2 aromatic carbocycles. The zero-order valence-electron chi connectivity index (χ0n) is 13.8. The fourth-order valence-electron chi connectivity index (χ4n) is 2.14. The molecule has 24 heavy (non-hydrogen) atoms. The number of aromatic nitrogens is 1. The van der Waals surface area contributed by atoms with Crippen molar-refractivity contribution in [1.82, 2.24) is 9.88 Å². The summed E-state index contributed by atoms with van der Waals surface area (Å²) in [5.74, 6) is 1.67. The van der Waals surface area contributed by atoms with E-state index in [0.29, 0.717) is 17.4 Å². The van der Waals surface area contributed by atoms with Crippen molar-refractivity contribution in [1.29, 1.82) is 0 Å². The molecule has 6 heteroatoms. The van der Waals surface area contributed by atoms with Crippen LogP contribution in [0.5, 0.6) is 11.5 Å². The predicted molar refractivity (Wildman–Crippen MR) is 89.2 cm³/mol. The van der Waals surface area contributed by atoms with Gasteiger partial charge in [0.2, 0.25) is 5.89 Å². The Morgan fingerprint density at radius 1 is 1.21 bits per heavy atom. The molecular formula is C18H18N2O4. The third-order valence-corrected chi connectivity index (χ3v) is 3.41. The van der Waals surface area contributed by atoms with Crippen LogP contribution in [-0.4, -0.2) is 30.1 Å². The summed E-state index contributed by atoms with van der Waals surface area (Å²) in [6.45, 7) is 2.08. The third-order valence-electron chi connectivity index (χ3n) is 3.41. The highest BCUT2D eigenvalue weighted by Gasteiger charge is 2.10. The van der Waals surface area contributed by atoms with Gasteiger partial charge in [0.15, 0.2) is 12.2 Å². The lowest BCUT2D eigenvalue weighted by Gasteiger charge is -2.13. The van der Waals surface area contributed by atoms with E-state index in [4.69, 9.17) is 13.9 Å². The van der Waals surface area contributed by atoms with E-state index in [1.165, 1.54) is 4.90 Å². The van der Waals surface area contributed by atoms with E-state index in [-0.39, 0.29) is 6.61 Å². The number of para-hydroxylation sites is 2. The minimum absolute atomic E-state index is 0.227. The molecule has 0 unspecified atom stereocenters. The first-order valence-electron chi connectivity index (χ1n) is 7.50. The first kappa shape index (κ1) is 15.9. The maximum atomic E-state index is 11.6. The second-order valence-electron chi connectivity index (χ2n) is 5.55. The van der Waals surface area contributed by atoms with Crippen LogP contribution in [0.25, 0.3) is 11.1 Å². The van der Waals surface area contributed by atoms with Crippen molar-refractivity contribution < 1.29 is 18.7 Å². The number of hydrogen-bond acceptors (Lipinski definition) is 5. The van der Waals surface area contributed by atoms with Crippen LogP contribution < -0.4 is 9.47 Å². The van der Waals surface area contributed by atoms with Gasteiger partial charge in [-0.1, -0.05) is 12.1 Å². The second kappa shape index (κ2) is 6.62. The Hall–Kier alpha value is -3.02. The van der Waals surface area contributed by atoms with Crippen LogP contribution in [0.4, 0.5) is 4.79 Å². The van der Waals surface area contributed by atoms with Crippen LogP contribution in [-0.2, 0) is 6.61 Å². The molecule has 0 N–H and O–H groups in total. The fourth-order valence-corrected chi connectivity index (χ4v) is 2.14. The zero-order valence-corrected chi connectivity index (χ0v) is 13.8. The van der Waals surface area contributed by atoms with Crippen molar-refractivity contribution >= 4 is 17.2 Å². The maximum Gasteiger partial charge on any atom is 0.414 e. The summed E-state index contributed by atoms with van der Waals surface area (Å²) in [5.41, 5.74) is 2.34. The molecule has 0 atom stereocenters. The summed E-state index contributed by atoms with van der Waals surface area (Å²) in [7, 11) is 3.27. The minimum atomic E-state index is -0.418. The van der Waals surface area contributed by atoms with Crippen LogP contribution in [0, 0.1) is 6.92 Å². The number of benzene rings is 2. The third kappa shape index (κ3) is 3.48. The average molecular weight is 326 g/mol. The summed E-state index contributed by atoms with van der Waals surface area (Å²) in [6.07, 6.45) is -0.418. The number of rotatable bonds is 4. The topological polar surface area (TPSA) is 64.8 Å². The summed E-state index contributed by atoms with van der Waals surface area (Å²) in [6, 6.07) is 12.8. The SMILES string of the molecule is Cc1cc(OCc2nc3ccccc3o2)ccc1OC(=O)N(C)C. The standard InChI is InChI=1S/C18H18N2O4/c1-12-10-13(8-9-15(12)24-18(21)20(2)3)22-11-17-19-14-6-4-5-7-16(14)23-17/h4-10H,11H2,1-3H3. The summed E-state index contributed by atoms with van der Waals surface area (Å²) in [4.78, 5) is 17.3. The van der Waals surface area contributed by atoms with E-state index < -0.39 is 6.09 Å². The Morgan fingerprint density at radius 3 is 2.71 bits per heavy atom. The molecule has 1 amide bonds. The lowest BCUT2D eigenvalue weighted by molar-refractivity contribution is 0.171. The molecule has 0 aliphatic heterocycles. The van der Waals surface area contributed by atoms with Crippen molar-refractivity contribution in [2.45, 2.75) is 13.5 Å². The highest BCUT2D eigenvalue weighted by Crippen LogP contribution is 2.25. The van der Waals surface area contributed by atoms with Gasteiger partial charge in [-0.15, -0.1) is 0 Å². The number of ether oxygens (including phenoxy) is 2. The number of nitrogens with zero attached hydrogens (tertiary/aromatic N) is 2. The number of fused-ring (bicyclic) bond motifs is 1. The second-order valence-corrected chi connectivity index (χ2v) is 5.55. The molecule has 0 spiro atoms. The molecule has 0 radical (unpaired) electrons. The normalized spacial score (nSPS) is 10.6. The Bertz CT molecular complexity index is 837. The van der Waals surface area contributed by atoms with Gasteiger partial charge in [-0.3, -0.25) is 0 Å². The van der Waals surface area contributed by atoms with Crippen molar-refractivity contribution in [2.24, 2.45) is 0 Å². The van der Waals surface area contributed by atoms with Crippen LogP contribution >= 0.6 is 0 Å². The number of aryl methyl sites for hydroxylation is 1. The van der Waals surface area contributed by atoms with E-state index in [0.717, 1.165) is 16.7 Å². The quantitative estimate of drug-likeness (QED) is 0.730. The molecule has 1 heterocycles. The molecule has 124 valence electrons. The summed E-state index contributed by atoms with van der Waals surface area (Å²) in [5, 5.41) is 0. The van der Waals surface area contributed by atoms with Crippen molar-refractivity contribution in [3.8, 4) is 11.5 Å². The monoisotopic (exact) mass is 326 g/mol. The van der Waals surface area contributed by atoms with Gasteiger partial charge >= 0.3 is 6.09 Å². The van der Waals surface area contributed by atoms with E-state index in [1.54, 1.807) is 32.3 Å². The van der Waals surface area contributed by atoms with Crippen LogP contribution in [0.15, 0.2) is 46.9 Å². The van der Waals surface area contributed by atoms with Crippen molar-refractivity contribution in [2.75, 3.05) is 14.1 Å².